The predicted octanol–water partition coefficient (Wildman–Crippen LogP) is 1.63. The van der Waals surface area contributed by atoms with E-state index in [0.717, 1.165) is 0 Å². The lowest BCUT2D eigenvalue weighted by atomic mass is 10.0. The average molecular weight is 231 g/mol. The molecule has 1 aromatic carbocycles. The molecule has 1 atom stereocenters. The Morgan fingerprint density at radius 2 is 2.27 bits per heavy atom. The van der Waals surface area contributed by atoms with Gasteiger partial charge in [-0.1, -0.05) is 11.6 Å². The van der Waals surface area contributed by atoms with Crippen LogP contribution < -0.4 is 5.73 Å². The molecule has 0 saturated carbocycles. The number of nitro groups is 1. The number of nitrogens with two attached hydrogens (primary N) is 1. The van der Waals surface area contributed by atoms with Crippen LogP contribution in [0.2, 0.25) is 5.02 Å². The minimum Gasteiger partial charge on any atom is -0.396 e. The fourth-order valence-corrected chi connectivity index (χ4v) is 1.46. The summed E-state index contributed by atoms with van der Waals surface area (Å²) in [7, 11) is 0. The highest BCUT2D eigenvalue weighted by atomic mass is 35.5. The summed E-state index contributed by atoms with van der Waals surface area (Å²) in [6, 6.07) is 3.64. The molecule has 3 N–H and O–H groups in total. The van der Waals surface area contributed by atoms with Crippen molar-refractivity contribution in [1.29, 1.82) is 0 Å². The zero-order chi connectivity index (χ0) is 11.4. The van der Waals surface area contributed by atoms with Gasteiger partial charge in [0.1, 0.15) is 0 Å². The summed E-state index contributed by atoms with van der Waals surface area (Å²) in [5.74, 6) is 0. The first kappa shape index (κ1) is 11.9. The monoisotopic (exact) mass is 230 g/mol. The Bertz CT molecular complexity index is 370. The minimum absolute atomic E-state index is 0.0691. The molecule has 0 aliphatic heterocycles. The van der Waals surface area contributed by atoms with Crippen molar-refractivity contribution in [1.82, 2.24) is 0 Å². The van der Waals surface area contributed by atoms with Crippen LogP contribution in [0.15, 0.2) is 18.2 Å². The van der Waals surface area contributed by atoms with Crippen LogP contribution in [0, 0.1) is 10.1 Å². The number of aliphatic hydroxyl groups excluding tert-OH is 1. The molecular formula is C9H11ClN2O3. The van der Waals surface area contributed by atoms with Crippen molar-refractivity contribution in [2.75, 3.05) is 6.61 Å². The van der Waals surface area contributed by atoms with Crippen LogP contribution in [-0.2, 0) is 0 Å². The molecule has 1 aromatic rings. The number of rotatable bonds is 4. The summed E-state index contributed by atoms with van der Waals surface area (Å²) in [6.07, 6.45) is 0.265. The molecule has 0 heterocycles. The van der Waals surface area contributed by atoms with E-state index in [2.05, 4.69) is 0 Å². The summed E-state index contributed by atoms with van der Waals surface area (Å²) in [6.45, 7) is -0.120. The van der Waals surface area contributed by atoms with E-state index >= 15 is 0 Å². The average Bonchev–Trinajstić information content (AvgIpc) is 2.17. The van der Waals surface area contributed by atoms with Crippen LogP contribution in [0.4, 0.5) is 5.69 Å². The number of benzene rings is 1. The number of nitrogens with zero attached hydrogens (tertiary/aromatic N) is 1. The maximum absolute atomic E-state index is 10.7. The van der Waals surface area contributed by atoms with Gasteiger partial charge >= 0.3 is 0 Å². The number of halogens is 1. The lowest BCUT2D eigenvalue weighted by Gasteiger charge is -2.10. The first-order valence-corrected chi connectivity index (χ1v) is 4.74. The second-order valence-electron chi connectivity index (χ2n) is 3.08. The van der Waals surface area contributed by atoms with Crippen LogP contribution in [0.1, 0.15) is 18.0 Å². The van der Waals surface area contributed by atoms with Gasteiger partial charge in [0.15, 0.2) is 0 Å². The van der Waals surface area contributed by atoms with Gasteiger partial charge in [0, 0.05) is 29.3 Å². The van der Waals surface area contributed by atoms with Gasteiger partial charge in [-0.25, -0.2) is 0 Å². The summed E-state index contributed by atoms with van der Waals surface area (Å²) in [5, 5.41) is 19.8. The molecular weight excluding hydrogens is 220 g/mol. The van der Waals surface area contributed by atoms with Crippen molar-refractivity contribution >= 4 is 17.3 Å². The Labute approximate surface area is 91.6 Å². The Morgan fingerprint density at radius 3 is 2.80 bits per heavy atom. The zero-order valence-corrected chi connectivity index (χ0v) is 8.65. The predicted molar refractivity (Wildman–Crippen MR) is 56.7 cm³/mol. The fourth-order valence-electron chi connectivity index (χ4n) is 1.28. The van der Waals surface area contributed by atoms with E-state index in [1.807, 2.05) is 0 Å². The maximum Gasteiger partial charge on any atom is 0.274 e. The highest BCUT2D eigenvalue weighted by molar-refractivity contribution is 6.30. The Hall–Kier alpha value is -1.17. The molecule has 0 spiro atoms. The summed E-state index contributed by atoms with van der Waals surface area (Å²) >= 11 is 5.73. The molecule has 0 aliphatic carbocycles. The van der Waals surface area contributed by atoms with Crippen molar-refractivity contribution in [3.05, 3.63) is 38.9 Å². The van der Waals surface area contributed by atoms with Crippen molar-refractivity contribution in [2.24, 2.45) is 5.73 Å². The second-order valence-corrected chi connectivity index (χ2v) is 3.52. The number of hydrogen-bond acceptors (Lipinski definition) is 4. The molecule has 0 amide bonds. The molecule has 0 saturated heterocycles. The molecule has 0 aliphatic rings. The molecule has 0 radical (unpaired) electrons. The van der Waals surface area contributed by atoms with Crippen molar-refractivity contribution in [2.45, 2.75) is 12.5 Å². The third-order valence-electron chi connectivity index (χ3n) is 2.03. The van der Waals surface area contributed by atoms with E-state index in [-0.39, 0.29) is 18.7 Å². The SMILES string of the molecule is NC(CCO)c1cc(Cl)ccc1[N+](=O)[O-]. The molecule has 6 heteroatoms. The highest BCUT2D eigenvalue weighted by Gasteiger charge is 2.19. The lowest BCUT2D eigenvalue weighted by Crippen LogP contribution is -2.13. The second kappa shape index (κ2) is 5.06. The van der Waals surface area contributed by atoms with Gasteiger partial charge in [-0.2, -0.15) is 0 Å². The van der Waals surface area contributed by atoms with Crippen LogP contribution in [0.25, 0.3) is 0 Å². The highest BCUT2D eigenvalue weighted by Crippen LogP contribution is 2.28. The molecule has 15 heavy (non-hydrogen) atoms. The van der Waals surface area contributed by atoms with Gasteiger partial charge in [-0.15, -0.1) is 0 Å². The smallest absolute Gasteiger partial charge is 0.274 e. The molecule has 1 unspecified atom stereocenters. The number of aliphatic hydroxyl groups is 1. The zero-order valence-electron chi connectivity index (χ0n) is 7.89. The quantitative estimate of drug-likeness (QED) is 0.608. The lowest BCUT2D eigenvalue weighted by molar-refractivity contribution is -0.385. The molecule has 1 rings (SSSR count). The van der Waals surface area contributed by atoms with Crippen LogP contribution >= 0.6 is 11.6 Å². The Kier molecular flexibility index (Phi) is 4.02. The minimum atomic E-state index is -0.575. The van der Waals surface area contributed by atoms with Crippen molar-refractivity contribution in [3.8, 4) is 0 Å². The van der Waals surface area contributed by atoms with Gasteiger partial charge in [0.05, 0.1) is 4.92 Å². The first-order chi connectivity index (χ1) is 7.06. The van der Waals surface area contributed by atoms with Crippen LogP contribution in [0.5, 0.6) is 0 Å². The number of nitro benzene ring substituents is 1. The molecule has 0 bridgehead atoms. The molecule has 0 aromatic heterocycles. The largest absolute Gasteiger partial charge is 0.396 e. The fraction of sp³-hybridized carbons (Fsp3) is 0.333. The van der Waals surface area contributed by atoms with E-state index in [4.69, 9.17) is 22.4 Å². The van der Waals surface area contributed by atoms with Gasteiger partial charge < -0.3 is 10.8 Å². The summed E-state index contributed by atoms with van der Waals surface area (Å²) in [4.78, 5) is 10.2. The van der Waals surface area contributed by atoms with Gasteiger partial charge in [0.2, 0.25) is 0 Å². The van der Waals surface area contributed by atoms with Gasteiger partial charge in [0.25, 0.3) is 5.69 Å². The van der Waals surface area contributed by atoms with E-state index in [1.165, 1.54) is 18.2 Å². The standard InChI is InChI=1S/C9H11ClN2O3/c10-6-1-2-9(12(14)15)7(5-6)8(11)3-4-13/h1-2,5,8,13H,3-4,11H2. The van der Waals surface area contributed by atoms with Crippen molar-refractivity contribution < 1.29 is 10.0 Å². The third kappa shape index (κ3) is 2.89. The molecule has 5 nitrogen and oxygen atoms in total. The van der Waals surface area contributed by atoms with E-state index in [0.29, 0.717) is 10.6 Å². The molecule has 0 fully saturated rings. The van der Waals surface area contributed by atoms with Gasteiger partial charge in [-0.3, -0.25) is 10.1 Å². The van der Waals surface area contributed by atoms with Gasteiger partial charge in [-0.05, 0) is 18.6 Å². The van der Waals surface area contributed by atoms with E-state index < -0.39 is 11.0 Å². The number of hydrogen-bond donors (Lipinski definition) is 2. The van der Waals surface area contributed by atoms with Crippen LogP contribution in [0.3, 0.4) is 0 Å². The summed E-state index contributed by atoms with van der Waals surface area (Å²) < 4.78 is 0. The van der Waals surface area contributed by atoms with E-state index in [9.17, 15) is 10.1 Å². The van der Waals surface area contributed by atoms with Crippen LogP contribution in [-0.4, -0.2) is 16.6 Å². The summed E-state index contributed by atoms with van der Waals surface area (Å²) in [5.41, 5.74) is 5.97. The Balaban J connectivity index is 3.12. The normalized spacial score (nSPS) is 12.5. The maximum atomic E-state index is 10.7. The Morgan fingerprint density at radius 1 is 1.60 bits per heavy atom. The molecule has 82 valence electrons. The topological polar surface area (TPSA) is 89.4 Å². The first-order valence-electron chi connectivity index (χ1n) is 4.36. The van der Waals surface area contributed by atoms with E-state index in [1.54, 1.807) is 0 Å². The van der Waals surface area contributed by atoms with Crippen molar-refractivity contribution in [3.63, 3.8) is 0 Å². The third-order valence-corrected chi connectivity index (χ3v) is 2.26.